The highest BCUT2D eigenvalue weighted by atomic mass is 32.1. The Morgan fingerprint density at radius 3 is 2.93 bits per heavy atom. The average Bonchev–Trinajstić information content (AvgIpc) is 2.84. The van der Waals surface area contributed by atoms with Crippen LogP contribution in [-0.2, 0) is 6.54 Å². The lowest BCUT2D eigenvalue weighted by molar-refractivity contribution is 0.618. The van der Waals surface area contributed by atoms with Crippen LogP contribution in [0.15, 0.2) is 24.7 Å². The summed E-state index contributed by atoms with van der Waals surface area (Å²) in [6.07, 6.45) is 3.68. The van der Waals surface area contributed by atoms with Crippen molar-refractivity contribution in [2.45, 2.75) is 26.4 Å². The van der Waals surface area contributed by atoms with E-state index in [-0.39, 0.29) is 0 Å². The molecule has 15 heavy (non-hydrogen) atoms. The summed E-state index contributed by atoms with van der Waals surface area (Å²) in [6, 6.07) is 4.64. The van der Waals surface area contributed by atoms with Gasteiger partial charge in [0, 0.05) is 22.5 Å². The highest BCUT2D eigenvalue weighted by Gasteiger charge is 2.12. The van der Waals surface area contributed by atoms with E-state index in [2.05, 4.69) is 35.5 Å². The lowest BCUT2D eigenvalue weighted by atomic mass is 10.2. The van der Waals surface area contributed by atoms with Crippen LogP contribution in [-0.4, -0.2) is 9.55 Å². The predicted octanol–water partition coefficient (Wildman–Crippen LogP) is 2.32. The molecule has 0 aliphatic carbocycles. The van der Waals surface area contributed by atoms with Crippen molar-refractivity contribution in [2.24, 2.45) is 5.73 Å². The molecule has 2 aromatic heterocycles. The molecule has 1 unspecified atom stereocenters. The predicted molar refractivity (Wildman–Crippen MR) is 63.0 cm³/mol. The molecule has 4 heteroatoms. The van der Waals surface area contributed by atoms with Crippen LogP contribution < -0.4 is 5.73 Å². The smallest absolute Gasteiger partial charge is 0.0954 e. The van der Waals surface area contributed by atoms with Gasteiger partial charge in [-0.15, -0.1) is 11.3 Å². The van der Waals surface area contributed by atoms with Gasteiger partial charge in [0.1, 0.15) is 0 Å². The summed E-state index contributed by atoms with van der Waals surface area (Å²) >= 11 is 1.82. The summed E-state index contributed by atoms with van der Waals surface area (Å²) in [5.74, 6) is 0. The van der Waals surface area contributed by atoms with Gasteiger partial charge < -0.3 is 10.3 Å². The van der Waals surface area contributed by atoms with Gasteiger partial charge in [-0.3, -0.25) is 0 Å². The molecule has 80 valence electrons. The molecule has 0 aliphatic rings. The third kappa shape index (κ3) is 1.96. The molecule has 0 spiro atoms. The van der Waals surface area contributed by atoms with Crippen LogP contribution in [0.5, 0.6) is 0 Å². The van der Waals surface area contributed by atoms with E-state index in [0.717, 1.165) is 5.69 Å². The van der Waals surface area contributed by atoms with Crippen LogP contribution in [0.1, 0.15) is 28.4 Å². The second-order valence-corrected chi connectivity index (χ2v) is 4.94. The molecule has 0 fully saturated rings. The third-order valence-corrected chi connectivity index (χ3v) is 3.72. The van der Waals surface area contributed by atoms with Gasteiger partial charge in [0.05, 0.1) is 18.1 Å². The Bertz CT molecular complexity index is 444. The fraction of sp³-hybridized carbons (Fsp3) is 0.364. The molecule has 0 saturated heterocycles. The molecule has 2 N–H and O–H groups in total. The fourth-order valence-electron chi connectivity index (χ4n) is 1.65. The minimum atomic E-state index is 0.324. The van der Waals surface area contributed by atoms with Gasteiger partial charge in [-0.25, -0.2) is 4.98 Å². The standard InChI is InChI=1S/C11H15N3S/c1-8-3-4-11(15-8)9(2)14-7-13-6-10(14)5-12/h3-4,6-7,9H,5,12H2,1-2H3. The summed E-state index contributed by atoms with van der Waals surface area (Å²) in [5, 5.41) is 0. The second-order valence-electron chi connectivity index (χ2n) is 3.62. The number of aromatic nitrogens is 2. The number of aryl methyl sites for hydroxylation is 1. The van der Waals surface area contributed by atoms with Crippen molar-refractivity contribution in [2.75, 3.05) is 0 Å². The van der Waals surface area contributed by atoms with E-state index in [0.29, 0.717) is 12.6 Å². The van der Waals surface area contributed by atoms with Crippen LogP contribution in [0.3, 0.4) is 0 Å². The van der Waals surface area contributed by atoms with E-state index in [9.17, 15) is 0 Å². The van der Waals surface area contributed by atoms with Gasteiger partial charge in [-0.05, 0) is 26.0 Å². The van der Waals surface area contributed by atoms with E-state index in [1.165, 1.54) is 9.75 Å². The maximum Gasteiger partial charge on any atom is 0.0954 e. The van der Waals surface area contributed by atoms with Crippen molar-refractivity contribution in [3.63, 3.8) is 0 Å². The molecular weight excluding hydrogens is 206 g/mol. The normalized spacial score (nSPS) is 13.0. The van der Waals surface area contributed by atoms with Gasteiger partial charge in [0.25, 0.3) is 0 Å². The minimum Gasteiger partial charge on any atom is -0.325 e. The van der Waals surface area contributed by atoms with E-state index >= 15 is 0 Å². The molecule has 0 bridgehead atoms. The first-order valence-electron chi connectivity index (χ1n) is 4.99. The van der Waals surface area contributed by atoms with E-state index < -0.39 is 0 Å². The van der Waals surface area contributed by atoms with Crippen molar-refractivity contribution in [1.82, 2.24) is 9.55 Å². The van der Waals surface area contributed by atoms with Crippen molar-refractivity contribution >= 4 is 11.3 Å². The minimum absolute atomic E-state index is 0.324. The highest BCUT2D eigenvalue weighted by molar-refractivity contribution is 7.12. The van der Waals surface area contributed by atoms with Crippen molar-refractivity contribution < 1.29 is 0 Å². The van der Waals surface area contributed by atoms with E-state index in [4.69, 9.17) is 5.73 Å². The summed E-state index contributed by atoms with van der Waals surface area (Å²) < 4.78 is 2.13. The lowest BCUT2D eigenvalue weighted by Gasteiger charge is -2.14. The van der Waals surface area contributed by atoms with Crippen LogP contribution in [0.4, 0.5) is 0 Å². The van der Waals surface area contributed by atoms with Crippen LogP contribution in [0.25, 0.3) is 0 Å². The Hall–Kier alpha value is -1.13. The fourth-order valence-corrected chi connectivity index (χ4v) is 2.58. The molecular formula is C11H15N3S. The maximum atomic E-state index is 5.66. The Balaban J connectivity index is 2.31. The molecule has 2 aromatic rings. The molecule has 0 radical (unpaired) electrons. The quantitative estimate of drug-likeness (QED) is 0.864. The molecule has 2 rings (SSSR count). The van der Waals surface area contributed by atoms with Crippen molar-refractivity contribution in [3.8, 4) is 0 Å². The number of nitrogens with zero attached hydrogens (tertiary/aromatic N) is 2. The van der Waals surface area contributed by atoms with Crippen LogP contribution >= 0.6 is 11.3 Å². The average molecular weight is 221 g/mol. The maximum absolute atomic E-state index is 5.66. The topological polar surface area (TPSA) is 43.8 Å². The van der Waals surface area contributed by atoms with E-state index in [1.807, 2.05) is 23.9 Å². The van der Waals surface area contributed by atoms with Crippen LogP contribution in [0.2, 0.25) is 0 Å². The Morgan fingerprint density at radius 2 is 2.33 bits per heavy atom. The number of hydrogen-bond acceptors (Lipinski definition) is 3. The zero-order chi connectivity index (χ0) is 10.8. The first kappa shape index (κ1) is 10.4. The largest absolute Gasteiger partial charge is 0.325 e. The third-order valence-electron chi connectivity index (χ3n) is 2.55. The molecule has 0 aliphatic heterocycles. The monoisotopic (exact) mass is 221 g/mol. The molecule has 0 amide bonds. The molecule has 3 nitrogen and oxygen atoms in total. The Kier molecular flexibility index (Phi) is 2.88. The number of hydrogen-bond donors (Lipinski definition) is 1. The SMILES string of the molecule is Cc1ccc(C(C)n2cncc2CN)s1. The van der Waals surface area contributed by atoms with Gasteiger partial charge in [-0.1, -0.05) is 0 Å². The zero-order valence-corrected chi connectivity index (χ0v) is 9.79. The van der Waals surface area contributed by atoms with Gasteiger partial charge >= 0.3 is 0 Å². The Labute approximate surface area is 93.6 Å². The number of imidazole rings is 1. The van der Waals surface area contributed by atoms with Crippen LogP contribution in [0, 0.1) is 6.92 Å². The molecule has 2 heterocycles. The number of thiophene rings is 1. The number of nitrogens with two attached hydrogens (primary N) is 1. The molecule has 0 aromatic carbocycles. The lowest BCUT2D eigenvalue weighted by Crippen LogP contribution is -2.10. The second kappa shape index (κ2) is 4.16. The van der Waals surface area contributed by atoms with Crippen molar-refractivity contribution in [3.05, 3.63) is 40.1 Å². The molecule has 0 saturated carbocycles. The first-order chi connectivity index (χ1) is 7.22. The highest BCUT2D eigenvalue weighted by Crippen LogP contribution is 2.26. The van der Waals surface area contributed by atoms with E-state index in [1.54, 1.807) is 0 Å². The zero-order valence-electron chi connectivity index (χ0n) is 8.97. The first-order valence-corrected chi connectivity index (χ1v) is 5.81. The van der Waals surface area contributed by atoms with Gasteiger partial charge in [-0.2, -0.15) is 0 Å². The summed E-state index contributed by atoms with van der Waals surface area (Å²) in [5.41, 5.74) is 6.74. The Morgan fingerprint density at radius 1 is 1.53 bits per heavy atom. The van der Waals surface area contributed by atoms with Gasteiger partial charge in [0.15, 0.2) is 0 Å². The van der Waals surface area contributed by atoms with Gasteiger partial charge in [0.2, 0.25) is 0 Å². The summed E-state index contributed by atoms with van der Waals surface area (Å²) in [6.45, 7) is 4.83. The number of rotatable bonds is 3. The summed E-state index contributed by atoms with van der Waals surface area (Å²) in [7, 11) is 0. The van der Waals surface area contributed by atoms with Crippen molar-refractivity contribution in [1.29, 1.82) is 0 Å². The molecule has 1 atom stereocenters. The summed E-state index contributed by atoms with van der Waals surface area (Å²) in [4.78, 5) is 6.82.